The molecule has 0 saturated carbocycles. The number of ether oxygens (including phenoxy) is 1. The molecule has 0 N–H and O–H groups in total. The van der Waals surface area contributed by atoms with Crippen LogP contribution >= 0.6 is 31.9 Å². The molecule has 1 amide bonds. The molecule has 0 bridgehead atoms. The Labute approximate surface area is 140 Å². The smallest absolute Gasteiger partial charge is 0.259 e. The van der Waals surface area contributed by atoms with Crippen molar-refractivity contribution in [3.63, 3.8) is 0 Å². The normalized spacial score (nSPS) is 13.2. The Kier molecular flexibility index (Phi) is 4.04. The van der Waals surface area contributed by atoms with Gasteiger partial charge in [0.2, 0.25) is 0 Å². The van der Waals surface area contributed by atoms with Gasteiger partial charge in [0.1, 0.15) is 5.75 Å². The molecule has 21 heavy (non-hydrogen) atoms. The first-order chi connectivity index (χ1) is 10.1. The number of hydrogen-bond acceptors (Lipinski definition) is 2. The van der Waals surface area contributed by atoms with Gasteiger partial charge in [-0.25, -0.2) is 0 Å². The summed E-state index contributed by atoms with van der Waals surface area (Å²) in [6, 6.07) is 11.5. The molecule has 0 fully saturated rings. The fourth-order valence-electron chi connectivity index (χ4n) is 2.50. The summed E-state index contributed by atoms with van der Waals surface area (Å²) in [6.07, 6.45) is 0.885. The Morgan fingerprint density at radius 3 is 2.76 bits per heavy atom. The third-order valence-corrected chi connectivity index (χ3v) is 4.78. The molecule has 3 rings (SSSR count). The van der Waals surface area contributed by atoms with Crippen molar-refractivity contribution < 1.29 is 9.53 Å². The number of benzene rings is 2. The second-order valence-electron chi connectivity index (χ2n) is 4.83. The van der Waals surface area contributed by atoms with Crippen LogP contribution in [-0.4, -0.2) is 19.6 Å². The Morgan fingerprint density at radius 2 is 2.00 bits per heavy atom. The van der Waals surface area contributed by atoms with Crippen LogP contribution in [-0.2, 0) is 6.42 Å². The Hall–Kier alpha value is -1.33. The van der Waals surface area contributed by atoms with Crippen molar-refractivity contribution in [2.75, 3.05) is 18.6 Å². The van der Waals surface area contributed by atoms with Crippen molar-refractivity contribution >= 4 is 43.5 Å². The van der Waals surface area contributed by atoms with E-state index in [1.54, 1.807) is 13.2 Å². The average Bonchev–Trinajstić information content (AvgIpc) is 2.90. The molecular formula is C16H13Br2NO2. The van der Waals surface area contributed by atoms with Crippen molar-refractivity contribution in [3.8, 4) is 5.75 Å². The molecule has 0 unspecified atom stereocenters. The zero-order valence-electron chi connectivity index (χ0n) is 11.4. The molecule has 5 heteroatoms. The summed E-state index contributed by atoms with van der Waals surface area (Å²) in [5.41, 5.74) is 2.79. The number of rotatable bonds is 2. The lowest BCUT2D eigenvalue weighted by Gasteiger charge is -2.19. The van der Waals surface area contributed by atoms with Gasteiger partial charge in [-0.15, -0.1) is 0 Å². The molecule has 3 nitrogen and oxygen atoms in total. The van der Waals surface area contributed by atoms with Crippen molar-refractivity contribution in [1.82, 2.24) is 0 Å². The predicted octanol–water partition coefficient (Wildman–Crippen LogP) is 4.42. The van der Waals surface area contributed by atoms with E-state index in [1.807, 2.05) is 29.2 Å². The molecule has 1 heterocycles. The van der Waals surface area contributed by atoms with Crippen LogP contribution < -0.4 is 9.64 Å². The summed E-state index contributed by atoms with van der Waals surface area (Å²) >= 11 is 6.92. The van der Waals surface area contributed by atoms with E-state index in [2.05, 4.69) is 37.9 Å². The predicted molar refractivity (Wildman–Crippen MR) is 90.2 cm³/mol. The number of fused-ring (bicyclic) bond motifs is 1. The maximum atomic E-state index is 12.8. The van der Waals surface area contributed by atoms with E-state index in [4.69, 9.17) is 4.74 Å². The van der Waals surface area contributed by atoms with Crippen LogP contribution in [0.15, 0.2) is 45.3 Å². The van der Waals surface area contributed by atoms with E-state index in [-0.39, 0.29) is 5.91 Å². The molecule has 0 aromatic heterocycles. The average molecular weight is 411 g/mol. The summed E-state index contributed by atoms with van der Waals surface area (Å²) in [4.78, 5) is 14.7. The van der Waals surface area contributed by atoms with Gasteiger partial charge in [0.15, 0.2) is 0 Å². The van der Waals surface area contributed by atoms with Gasteiger partial charge >= 0.3 is 0 Å². The highest BCUT2D eigenvalue weighted by Gasteiger charge is 2.27. The van der Waals surface area contributed by atoms with Gasteiger partial charge < -0.3 is 9.64 Å². The summed E-state index contributed by atoms with van der Waals surface area (Å²) in [7, 11) is 1.60. The highest BCUT2D eigenvalue weighted by Crippen LogP contribution is 2.33. The molecule has 1 aliphatic rings. The van der Waals surface area contributed by atoms with E-state index in [0.29, 0.717) is 17.9 Å². The van der Waals surface area contributed by atoms with Crippen LogP contribution in [0.3, 0.4) is 0 Å². The van der Waals surface area contributed by atoms with Crippen molar-refractivity contribution in [1.29, 1.82) is 0 Å². The van der Waals surface area contributed by atoms with Gasteiger partial charge in [0.05, 0.1) is 12.7 Å². The van der Waals surface area contributed by atoms with Crippen LogP contribution in [0.5, 0.6) is 5.75 Å². The van der Waals surface area contributed by atoms with E-state index in [0.717, 1.165) is 21.1 Å². The highest BCUT2D eigenvalue weighted by atomic mass is 79.9. The third kappa shape index (κ3) is 2.72. The minimum Gasteiger partial charge on any atom is -0.497 e. The monoisotopic (exact) mass is 409 g/mol. The van der Waals surface area contributed by atoms with Gasteiger partial charge in [0, 0.05) is 21.2 Å². The van der Waals surface area contributed by atoms with Crippen LogP contribution in [0.1, 0.15) is 15.9 Å². The summed E-state index contributed by atoms with van der Waals surface area (Å²) < 4.78 is 6.96. The van der Waals surface area contributed by atoms with E-state index < -0.39 is 0 Å². The Bertz CT molecular complexity index is 715. The molecule has 0 aliphatic carbocycles. The van der Waals surface area contributed by atoms with Crippen LogP contribution in [0.25, 0.3) is 0 Å². The molecule has 0 spiro atoms. The second kappa shape index (κ2) is 5.81. The summed E-state index contributed by atoms with van der Waals surface area (Å²) in [5.74, 6) is 0.660. The van der Waals surface area contributed by atoms with Crippen LogP contribution in [0, 0.1) is 0 Å². The molecule has 0 atom stereocenters. The lowest BCUT2D eigenvalue weighted by atomic mass is 10.1. The maximum Gasteiger partial charge on any atom is 0.259 e. The number of hydrogen-bond donors (Lipinski definition) is 0. The number of nitrogens with zero attached hydrogens (tertiary/aromatic N) is 1. The Morgan fingerprint density at radius 1 is 1.19 bits per heavy atom. The first-order valence-electron chi connectivity index (χ1n) is 6.54. The fraction of sp³-hybridized carbons (Fsp3) is 0.188. The minimum absolute atomic E-state index is 0.0161. The number of anilines is 1. The largest absolute Gasteiger partial charge is 0.497 e. The Balaban J connectivity index is 2.00. The zero-order valence-corrected chi connectivity index (χ0v) is 14.6. The van der Waals surface area contributed by atoms with Gasteiger partial charge in [-0.2, -0.15) is 0 Å². The third-order valence-electron chi connectivity index (χ3n) is 3.59. The standard InChI is InChI=1S/C16H13Br2NO2/c1-21-12-4-5-14(18)13(9-12)16(20)19-7-6-10-2-3-11(17)8-15(10)19/h2-5,8-9H,6-7H2,1H3. The molecule has 108 valence electrons. The minimum atomic E-state index is -0.0161. The highest BCUT2D eigenvalue weighted by molar-refractivity contribution is 9.10. The lowest BCUT2D eigenvalue weighted by Crippen LogP contribution is -2.29. The number of methoxy groups -OCH3 is 1. The molecule has 0 saturated heterocycles. The zero-order chi connectivity index (χ0) is 15.0. The number of amides is 1. The van der Waals surface area contributed by atoms with Crippen molar-refractivity contribution in [3.05, 3.63) is 56.5 Å². The molecule has 2 aromatic rings. The first-order valence-corrected chi connectivity index (χ1v) is 8.12. The molecule has 2 aromatic carbocycles. The summed E-state index contributed by atoms with van der Waals surface area (Å²) in [5, 5.41) is 0. The van der Waals surface area contributed by atoms with Crippen molar-refractivity contribution in [2.45, 2.75) is 6.42 Å². The SMILES string of the molecule is COc1ccc(Br)c(C(=O)N2CCc3ccc(Br)cc32)c1. The van der Waals surface area contributed by atoms with E-state index in [1.165, 1.54) is 5.56 Å². The number of carbonyl (C=O) groups excluding carboxylic acids is 1. The molecular weight excluding hydrogens is 398 g/mol. The van der Waals surface area contributed by atoms with E-state index in [9.17, 15) is 4.79 Å². The van der Waals surface area contributed by atoms with Gasteiger partial charge in [-0.1, -0.05) is 22.0 Å². The quantitative estimate of drug-likeness (QED) is 0.733. The molecule has 0 radical (unpaired) electrons. The molecule has 1 aliphatic heterocycles. The van der Waals surface area contributed by atoms with Crippen molar-refractivity contribution in [2.24, 2.45) is 0 Å². The number of carbonyl (C=O) groups is 1. The lowest BCUT2D eigenvalue weighted by molar-refractivity contribution is 0.0988. The topological polar surface area (TPSA) is 29.5 Å². The van der Waals surface area contributed by atoms with E-state index >= 15 is 0 Å². The maximum absolute atomic E-state index is 12.8. The summed E-state index contributed by atoms with van der Waals surface area (Å²) in [6.45, 7) is 0.703. The fourth-order valence-corrected chi connectivity index (χ4v) is 3.27. The van der Waals surface area contributed by atoms with Crippen LogP contribution in [0.4, 0.5) is 5.69 Å². The van der Waals surface area contributed by atoms with Gasteiger partial charge in [-0.05, 0) is 58.2 Å². The van der Waals surface area contributed by atoms with Gasteiger partial charge in [-0.3, -0.25) is 4.79 Å². The van der Waals surface area contributed by atoms with Crippen LogP contribution in [0.2, 0.25) is 0 Å². The first kappa shape index (κ1) is 14.6. The second-order valence-corrected chi connectivity index (χ2v) is 6.60. The number of halogens is 2. The van der Waals surface area contributed by atoms with Gasteiger partial charge in [0.25, 0.3) is 5.91 Å².